The van der Waals surface area contributed by atoms with Gasteiger partial charge in [0.05, 0.1) is 0 Å². The Morgan fingerprint density at radius 1 is 0.615 bits per heavy atom. The minimum absolute atomic E-state index is 1.06. The van der Waals surface area contributed by atoms with Gasteiger partial charge in [0, 0.05) is 19.6 Å². The summed E-state index contributed by atoms with van der Waals surface area (Å²) in [7, 11) is 0. The normalized spacial score (nSPS) is 15.0. The predicted octanol–water partition coefficient (Wildman–Crippen LogP) is 5.78. The van der Waals surface area contributed by atoms with E-state index in [1.807, 2.05) is 0 Å². The lowest BCUT2D eigenvalue weighted by molar-refractivity contribution is 0.248. The van der Waals surface area contributed by atoms with Crippen molar-refractivity contribution in [2.45, 2.75) is 19.4 Å². The molecule has 130 valence electrons. The third-order valence-electron chi connectivity index (χ3n) is 5.19. The van der Waals surface area contributed by atoms with Gasteiger partial charge in [-0.3, -0.25) is 4.90 Å². The van der Waals surface area contributed by atoms with Crippen LogP contribution in [0.25, 0.3) is 5.57 Å². The molecule has 0 spiro atoms. The molecule has 1 heteroatoms. The minimum Gasteiger partial charge on any atom is -0.298 e. The lowest BCUT2D eigenvalue weighted by Gasteiger charge is -2.30. The maximum atomic E-state index is 2.58. The molecule has 0 aliphatic carbocycles. The fourth-order valence-corrected chi connectivity index (χ4v) is 3.86. The predicted molar refractivity (Wildman–Crippen MR) is 110 cm³/mol. The van der Waals surface area contributed by atoms with Crippen LogP contribution in [0, 0.1) is 0 Å². The summed E-state index contributed by atoms with van der Waals surface area (Å²) in [5.74, 6) is 0. The molecule has 3 aromatic carbocycles. The fraction of sp³-hybridized carbons (Fsp3) is 0.200. The van der Waals surface area contributed by atoms with Gasteiger partial charge in [0.1, 0.15) is 0 Å². The van der Waals surface area contributed by atoms with E-state index in [2.05, 4.69) is 95.9 Å². The third kappa shape index (κ3) is 3.95. The van der Waals surface area contributed by atoms with Crippen molar-refractivity contribution >= 4 is 5.57 Å². The van der Waals surface area contributed by atoms with Crippen LogP contribution in [0.3, 0.4) is 0 Å². The summed E-state index contributed by atoms with van der Waals surface area (Å²) in [4.78, 5) is 2.58. The summed E-state index contributed by atoms with van der Waals surface area (Å²) < 4.78 is 0. The van der Waals surface area contributed by atoms with Gasteiger partial charge in [-0.1, -0.05) is 96.6 Å². The highest BCUT2D eigenvalue weighted by Crippen LogP contribution is 2.32. The van der Waals surface area contributed by atoms with Crippen molar-refractivity contribution in [3.05, 3.63) is 113 Å². The van der Waals surface area contributed by atoms with Gasteiger partial charge >= 0.3 is 0 Å². The van der Waals surface area contributed by atoms with Crippen LogP contribution in [-0.2, 0) is 6.54 Å². The molecule has 0 amide bonds. The molecule has 0 N–H and O–H groups in total. The van der Waals surface area contributed by atoms with Crippen molar-refractivity contribution in [2.24, 2.45) is 0 Å². The highest BCUT2D eigenvalue weighted by Gasteiger charge is 2.19. The van der Waals surface area contributed by atoms with Crippen LogP contribution in [0.4, 0.5) is 0 Å². The zero-order chi connectivity index (χ0) is 17.6. The number of likely N-dealkylation sites (tertiary alicyclic amines) is 1. The molecule has 3 aromatic rings. The molecule has 4 rings (SSSR count). The average molecular weight is 339 g/mol. The lowest BCUT2D eigenvalue weighted by Crippen LogP contribution is -2.30. The Hall–Kier alpha value is -2.64. The van der Waals surface area contributed by atoms with Crippen LogP contribution in [0.5, 0.6) is 0 Å². The van der Waals surface area contributed by atoms with E-state index in [1.54, 1.807) is 5.57 Å². The first-order valence-electron chi connectivity index (χ1n) is 9.49. The molecule has 1 aliphatic heterocycles. The molecular weight excluding hydrogens is 314 g/mol. The zero-order valence-electron chi connectivity index (χ0n) is 15.1. The summed E-state index contributed by atoms with van der Waals surface area (Å²) in [6.45, 7) is 3.32. The third-order valence-corrected chi connectivity index (χ3v) is 5.19. The SMILES string of the molecule is c1ccc(CN2CCC(=C(c3ccccc3)c3ccccc3)CC2)cc1. The first-order chi connectivity index (χ1) is 12.9. The number of benzene rings is 3. The van der Waals surface area contributed by atoms with Crippen LogP contribution < -0.4 is 0 Å². The van der Waals surface area contributed by atoms with Crippen molar-refractivity contribution in [1.82, 2.24) is 4.90 Å². The Balaban J connectivity index is 1.57. The van der Waals surface area contributed by atoms with Crippen LogP contribution in [0.2, 0.25) is 0 Å². The molecule has 0 unspecified atom stereocenters. The Bertz CT molecular complexity index is 799. The summed E-state index contributed by atoms with van der Waals surface area (Å²) in [6.07, 6.45) is 2.29. The average Bonchev–Trinajstić information content (AvgIpc) is 2.72. The molecule has 1 fully saturated rings. The van der Waals surface area contributed by atoms with Crippen molar-refractivity contribution in [2.75, 3.05) is 13.1 Å². The zero-order valence-corrected chi connectivity index (χ0v) is 15.1. The number of piperidine rings is 1. The summed E-state index contributed by atoms with van der Waals surface area (Å²) >= 11 is 0. The molecule has 0 atom stereocenters. The molecule has 1 saturated heterocycles. The Kier molecular flexibility index (Phi) is 5.27. The van der Waals surface area contributed by atoms with Crippen LogP contribution in [0.1, 0.15) is 29.5 Å². The van der Waals surface area contributed by atoms with Gasteiger partial charge in [-0.15, -0.1) is 0 Å². The van der Waals surface area contributed by atoms with Gasteiger partial charge in [0.25, 0.3) is 0 Å². The topological polar surface area (TPSA) is 3.24 Å². The lowest BCUT2D eigenvalue weighted by atomic mass is 9.88. The van der Waals surface area contributed by atoms with Gasteiger partial charge in [-0.05, 0) is 35.1 Å². The van der Waals surface area contributed by atoms with E-state index in [0.29, 0.717) is 0 Å². The van der Waals surface area contributed by atoms with E-state index in [9.17, 15) is 0 Å². The fourth-order valence-electron chi connectivity index (χ4n) is 3.86. The van der Waals surface area contributed by atoms with Crippen molar-refractivity contribution in [3.63, 3.8) is 0 Å². The minimum atomic E-state index is 1.06. The molecule has 1 aliphatic rings. The molecular formula is C25H25N. The van der Waals surface area contributed by atoms with Crippen LogP contribution in [0.15, 0.2) is 96.6 Å². The largest absolute Gasteiger partial charge is 0.298 e. The second kappa shape index (κ2) is 8.16. The number of rotatable bonds is 4. The Labute approximate surface area is 156 Å². The smallest absolute Gasteiger partial charge is 0.0233 e. The van der Waals surface area contributed by atoms with Gasteiger partial charge in [0.15, 0.2) is 0 Å². The summed E-state index contributed by atoms with van der Waals surface area (Å²) in [6, 6.07) is 32.5. The molecule has 1 nitrogen and oxygen atoms in total. The number of hydrogen-bond donors (Lipinski definition) is 0. The van der Waals surface area contributed by atoms with Gasteiger partial charge < -0.3 is 0 Å². The van der Waals surface area contributed by atoms with Gasteiger partial charge in [-0.2, -0.15) is 0 Å². The first kappa shape index (κ1) is 16.8. The number of nitrogens with zero attached hydrogens (tertiary/aromatic N) is 1. The highest BCUT2D eigenvalue weighted by molar-refractivity contribution is 5.82. The maximum absolute atomic E-state index is 2.58. The second-order valence-electron chi connectivity index (χ2n) is 6.97. The Morgan fingerprint density at radius 3 is 1.58 bits per heavy atom. The first-order valence-corrected chi connectivity index (χ1v) is 9.49. The molecule has 0 saturated carbocycles. The molecule has 0 aromatic heterocycles. The van der Waals surface area contributed by atoms with Crippen LogP contribution in [-0.4, -0.2) is 18.0 Å². The molecule has 0 bridgehead atoms. The molecule has 26 heavy (non-hydrogen) atoms. The summed E-state index contributed by atoms with van der Waals surface area (Å²) in [5, 5.41) is 0. The second-order valence-corrected chi connectivity index (χ2v) is 6.97. The van der Waals surface area contributed by atoms with Crippen molar-refractivity contribution < 1.29 is 0 Å². The standard InChI is InChI=1S/C25H25N/c1-4-10-21(11-5-1)20-26-18-16-24(17-19-26)25(22-12-6-2-7-13-22)23-14-8-3-9-15-23/h1-15H,16-20H2. The van der Waals surface area contributed by atoms with E-state index >= 15 is 0 Å². The molecule has 1 heterocycles. The van der Waals surface area contributed by atoms with E-state index in [0.717, 1.165) is 32.5 Å². The van der Waals surface area contributed by atoms with E-state index < -0.39 is 0 Å². The molecule has 0 radical (unpaired) electrons. The van der Waals surface area contributed by atoms with Gasteiger partial charge in [-0.25, -0.2) is 0 Å². The quantitative estimate of drug-likeness (QED) is 0.582. The van der Waals surface area contributed by atoms with E-state index in [4.69, 9.17) is 0 Å². The van der Waals surface area contributed by atoms with Crippen molar-refractivity contribution in [1.29, 1.82) is 0 Å². The maximum Gasteiger partial charge on any atom is 0.0233 e. The van der Waals surface area contributed by atoms with Crippen molar-refractivity contribution in [3.8, 4) is 0 Å². The highest BCUT2D eigenvalue weighted by atomic mass is 15.1. The number of hydrogen-bond acceptors (Lipinski definition) is 1. The van der Waals surface area contributed by atoms with Crippen LogP contribution >= 0.6 is 0 Å². The summed E-state index contributed by atoms with van der Waals surface area (Å²) in [5.41, 5.74) is 7.11. The van der Waals surface area contributed by atoms with E-state index in [-0.39, 0.29) is 0 Å². The Morgan fingerprint density at radius 2 is 1.08 bits per heavy atom. The van der Waals surface area contributed by atoms with E-state index in [1.165, 1.54) is 22.3 Å². The van der Waals surface area contributed by atoms with Gasteiger partial charge in [0.2, 0.25) is 0 Å². The monoisotopic (exact) mass is 339 g/mol.